The summed E-state index contributed by atoms with van der Waals surface area (Å²) in [5, 5.41) is 15.6. The van der Waals surface area contributed by atoms with Gasteiger partial charge in [-0.1, -0.05) is 48.5 Å². The first kappa shape index (κ1) is 21.9. The van der Waals surface area contributed by atoms with E-state index in [1.807, 2.05) is 42.5 Å². The summed E-state index contributed by atoms with van der Waals surface area (Å²) < 4.78 is 5.42. The Kier molecular flexibility index (Phi) is 6.12. The van der Waals surface area contributed by atoms with Crippen molar-refractivity contribution in [3.05, 3.63) is 95.1 Å². The maximum Gasteiger partial charge on any atom is 0.335 e. The molecule has 3 N–H and O–H groups in total. The van der Waals surface area contributed by atoms with Gasteiger partial charge in [0.05, 0.1) is 35.7 Å². The number of aromatic carboxylic acids is 1. The van der Waals surface area contributed by atoms with E-state index in [0.717, 1.165) is 44.1 Å². The number of nitrogens with one attached hydrogen (secondary N) is 2. The van der Waals surface area contributed by atoms with Crippen molar-refractivity contribution in [2.75, 3.05) is 36.9 Å². The van der Waals surface area contributed by atoms with Crippen molar-refractivity contribution in [2.45, 2.75) is 6.54 Å². The molecule has 3 aromatic carbocycles. The van der Waals surface area contributed by atoms with E-state index >= 15 is 0 Å². The first-order chi connectivity index (χ1) is 16.6. The molecular weight excluding hydrogens is 430 g/mol. The van der Waals surface area contributed by atoms with Gasteiger partial charge in [0.25, 0.3) is 5.91 Å². The zero-order valence-corrected chi connectivity index (χ0v) is 18.6. The first-order valence-corrected chi connectivity index (χ1v) is 11.2. The van der Waals surface area contributed by atoms with Crippen LogP contribution in [0, 0.1) is 0 Å². The normalized spacial score (nSPS) is 17.1. The maximum absolute atomic E-state index is 13.0. The van der Waals surface area contributed by atoms with E-state index in [4.69, 9.17) is 4.74 Å². The minimum absolute atomic E-state index is 0.130. The van der Waals surface area contributed by atoms with Gasteiger partial charge < -0.3 is 20.5 Å². The lowest BCUT2D eigenvalue weighted by Gasteiger charge is -2.26. The number of rotatable bonds is 6. The number of carboxylic acids is 1. The highest BCUT2D eigenvalue weighted by atomic mass is 16.5. The van der Waals surface area contributed by atoms with Crippen LogP contribution in [0.25, 0.3) is 11.3 Å². The van der Waals surface area contributed by atoms with E-state index in [1.165, 1.54) is 17.7 Å². The molecule has 1 fully saturated rings. The lowest BCUT2D eigenvalue weighted by molar-refractivity contribution is -0.110. The number of hydrogen-bond acceptors (Lipinski definition) is 5. The summed E-state index contributed by atoms with van der Waals surface area (Å²) in [6, 6.07) is 22.6. The predicted octanol–water partition coefficient (Wildman–Crippen LogP) is 4.15. The number of carboxylic acid groups (broad SMARTS) is 1. The number of ether oxygens (including phenoxy) is 1. The van der Waals surface area contributed by atoms with Gasteiger partial charge in [-0.2, -0.15) is 0 Å². The molecule has 0 unspecified atom stereocenters. The van der Waals surface area contributed by atoms with Gasteiger partial charge in [0.1, 0.15) is 0 Å². The zero-order chi connectivity index (χ0) is 23.5. The molecule has 1 amide bonds. The van der Waals surface area contributed by atoms with E-state index in [-0.39, 0.29) is 11.5 Å². The average Bonchev–Trinajstić information content (AvgIpc) is 3.19. The fraction of sp³-hybridized carbons (Fsp3) is 0.185. The second kappa shape index (κ2) is 9.51. The topological polar surface area (TPSA) is 90.9 Å². The number of hydrogen-bond donors (Lipinski definition) is 3. The van der Waals surface area contributed by atoms with Crippen molar-refractivity contribution in [3.63, 3.8) is 0 Å². The molecule has 0 atom stereocenters. The molecule has 0 spiro atoms. The predicted molar refractivity (Wildman–Crippen MR) is 131 cm³/mol. The van der Waals surface area contributed by atoms with Crippen molar-refractivity contribution < 1.29 is 19.4 Å². The van der Waals surface area contributed by atoms with Crippen molar-refractivity contribution in [3.8, 4) is 0 Å². The number of nitrogens with zero attached hydrogens (tertiary/aromatic N) is 1. The minimum atomic E-state index is -1.03. The Morgan fingerprint density at radius 2 is 1.71 bits per heavy atom. The van der Waals surface area contributed by atoms with E-state index in [1.54, 1.807) is 6.07 Å². The number of amides is 1. The summed E-state index contributed by atoms with van der Waals surface area (Å²) in [5.41, 5.74) is 5.38. The summed E-state index contributed by atoms with van der Waals surface area (Å²) in [6.45, 7) is 4.28. The third-order valence-corrected chi connectivity index (χ3v) is 6.06. The van der Waals surface area contributed by atoms with E-state index < -0.39 is 5.97 Å². The Bertz CT molecular complexity index is 1250. The number of carbonyl (C=O) groups is 2. The standard InChI is InChI=1S/C27H25N3O4/c31-26-24(22-11-8-20(27(32)33)16-23(22)29-26)25(19-4-2-1-3-5-19)28-21-9-6-18(7-10-21)17-30-12-14-34-15-13-30/h1-11,16,28H,12-15,17H2,(H,29,31)(H,32,33). The molecule has 0 bridgehead atoms. The molecular formula is C27H25N3O4. The molecule has 1 saturated heterocycles. The van der Waals surface area contributed by atoms with Gasteiger partial charge in [-0.3, -0.25) is 9.69 Å². The average molecular weight is 456 g/mol. The van der Waals surface area contributed by atoms with Crippen molar-refractivity contribution in [1.29, 1.82) is 0 Å². The van der Waals surface area contributed by atoms with Gasteiger partial charge in [0, 0.05) is 30.9 Å². The Morgan fingerprint density at radius 3 is 2.41 bits per heavy atom. The number of benzene rings is 3. The number of morpholine rings is 1. The molecule has 7 nitrogen and oxygen atoms in total. The van der Waals surface area contributed by atoms with Gasteiger partial charge in [0.15, 0.2) is 0 Å². The molecule has 2 aliphatic rings. The first-order valence-electron chi connectivity index (χ1n) is 11.2. The van der Waals surface area contributed by atoms with E-state index in [9.17, 15) is 14.7 Å². The smallest absolute Gasteiger partial charge is 0.335 e. The van der Waals surface area contributed by atoms with E-state index in [0.29, 0.717) is 22.5 Å². The fourth-order valence-electron chi connectivity index (χ4n) is 4.29. The van der Waals surface area contributed by atoms with Gasteiger partial charge >= 0.3 is 5.97 Å². The van der Waals surface area contributed by atoms with Crippen LogP contribution in [0.5, 0.6) is 0 Å². The SMILES string of the molecule is O=C1Nc2cc(C(=O)O)ccc2C1=C(Nc1ccc(CN2CCOCC2)cc1)c1ccccc1. The van der Waals surface area contributed by atoms with Crippen LogP contribution in [0.2, 0.25) is 0 Å². The van der Waals surface area contributed by atoms with Crippen LogP contribution >= 0.6 is 0 Å². The van der Waals surface area contributed by atoms with Crippen molar-refractivity contribution >= 4 is 34.5 Å². The van der Waals surface area contributed by atoms with Gasteiger partial charge in [0.2, 0.25) is 0 Å². The summed E-state index contributed by atoms with van der Waals surface area (Å²) >= 11 is 0. The highest BCUT2D eigenvalue weighted by Gasteiger charge is 2.29. The molecule has 5 rings (SSSR count). The monoisotopic (exact) mass is 455 g/mol. The maximum atomic E-state index is 13.0. The molecule has 172 valence electrons. The van der Waals surface area contributed by atoms with Crippen LogP contribution in [0.15, 0.2) is 72.8 Å². The van der Waals surface area contributed by atoms with Crippen molar-refractivity contribution in [1.82, 2.24) is 4.90 Å². The lowest BCUT2D eigenvalue weighted by atomic mass is 9.99. The van der Waals surface area contributed by atoms with Crippen molar-refractivity contribution in [2.24, 2.45) is 0 Å². The highest BCUT2D eigenvalue weighted by molar-refractivity contribution is 6.37. The molecule has 34 heavy (non-hydrogen) atoms. The molecule has 7 heteroatoms. The van der Waals surface area contributed by atoms with Gasteiger partial charge in [-0.05, 0) is 35.4 Å². The second-order valence-corrected chi connectivity index (χ2v) is 8.35. The Balaban J connectivity index is 1.48. The molecule has 3 aromatic rings. The molecule has 0 radical (unpaired) electrons. The Labute approximate surface area is 197 Å². The zero-order valence-electron chi connectivity index (χ0n) is 18.6. The highest BCUT2D eigenvalue weighted by Crippen LogP contribution is 2.38. The van der Waals surface area contributed by atoms with Crippen LogP contribution in [0.1, 0.15) is 27.0 Å². The van der Waals surface area contributed by atoms with Crippen LogP contribution in [0.3, 0.4) is 0 Å². The summed E-state index contributed by atoms with van der Waals surface area (Å²) in [6.07, 6.45) is 0. The molecule has 2 heterocycles. The lowest BCUT2D eigenvalue weighted by Crippen LogP contribution is -2.35. The van der Waals surface area contributed by atoms with Crippen LogP contribution in [-0.2, 0) is 16.1 Å². The van der Waals surface area contributed by atoms with Gasteiger partial charge in [-0.25, -0.2) is 4.79 Å². The molecule has 0 aliphatic carbocycles. The summed E-state index contributed by atoms with van der Waals surface area (Å²) in [5.74, 6) is -1.30. The van der Waals surface area contributed by atoms with Crippen LogP contribution < -0.4 is 10.6 Å². The van der Waals surface area contributed by atoms with Crippen LogP contribution in [0.4, 0.5) is 11.4 Å². The number of anilines is 2. The quantitative estimate of drug-likeness (QED) is 0.484. The fourth-order valence-corrected chi connectivity index (χ4v) is 4.29. The molecule has 0 aromatic heterocycles. The molecule has 0 saturated carbocycles. The largest absolute Gasteiger partial charge is 0.478 e. The summed E-state index contributed by atoms with van der Waals surface area (Å²) in [7, 11) is 0. The molecule has 2 aliphatic heterocycles. The van der Waals surface area contributed by atoms with Gasteiger partial charge in [-0.15, -0.1) is 0 Å². The Hall–Kier alpha value is -3.94. The van der Waals surface area contributed by atoms with Crippen LogP contribution in [-0.4, -0.2) is 48.2 Å². The number of carbonyl (C=O) groups excluding carboxylic acids is 1. The summed E-state index contributed by atoms with van der Waals surface area (Å²) in [4.78, 5) is 26.8. The second-order valence-electron chi connectivity index (χ2n) is 8.35. The Morgan fingerprint density at radius 1 is 0.971 bits per heavy atom. The van der Waals surface area contributed by atoms with E-state index in [2.05, 4.69) is 27.7 Å². The third-order valence-electron chi connectivity index (χ3n) is 6.06. The number of fused-ring (bicyclic) bond motifs is 1. The minimum Gasteiger partial charge on any atom is -0.478 e. The third kappa shape index (κ3) is 4.57.